The summed E-state index contributed by atoms with van der Waals surface area (Å²) in [6.07, 6.45) is -4.04. The van der Waals surface area contributed by atoms with Crippen LogP contribution in [0.25, 0.3) is 0 Å². The van der Waals surface area contributed by atoms with Gasteiger partial charge in [0.25, 0.3) is 5.95 Å². The molecule has 0 radical (unpaired) electrons. The summed E-state index contributed by atoms with van der Waals surface area (Å²) in [5.41, 5.74) is 0. The zero-order chi connectivity index (χ0) is 9.41. The van der Waals surface area contributed by atoms with Crippen LogP contribution in [0, 0.1) is 0 Å². The lowest BCUT2D eigenvalue weighted by Crippen LogP contribution is -2.44. The maximum atomic E-state index is 13.1. The largest absolute Gasteiger partial charge is 0.476 e. The topological polar surface area (TPSA) is 27.7 Å². The molecule has 0 amide bonds. The van der Waals surface area contributed by atoms with E-state index >= 15 is 0 Å². The number of rotatable bonds is 2. The van der Waals surface area contributed by atoms with Gasteiger partial charge in [-0.2, -0.15) is 13.2 Å². The van der Waals surface area contributed by atoms with E-state index in [1.54, 1.807) is 0 Å². The van der Waals surface area contributed by atoms with Crippen LogP contribution in [0.3, 0.4) is 0 Å². The summed E-state index contributed by atoms with van der Waals surface area (Å²) in [6.45, 7) is 1.99. The summed E-state index contributed by atoms with van der Waals surface area (Å²) in [4.78, 5) is 0. The van der Waals surface area contributed by atoms with Crippen LogP contribution in [0.1, 0.15) is 0 Å². The highest BCUT2D eigenvalue weighted by Crippen LogP contribution is 2.44. The molecule has 1 heterocycles. The molecule has 1 atom stereocenters. The Labute approximate surface area is 66.7 Å². The summed E-state index contributed by atoms with van der Waals surface area (Å²) in [5, 5.41) is 0. The maximum Gasteiger partial charge on any atom is 0.476 e. The zero-order valence-electron chi connectivity index (χ0n) is 6.27. The molecule has 0 bridgehead atoms. The minimum atomic E-state index is -4.04. The van der Waals surface area contributed by atoms with Crippen molar-refractivity contribution >= 4 is 0 Å². The quantitative estimate of drug-likeness (QED) is 0.649. The zero-order valence-corrected chi connectivity index (χ0v) is 6.27. The molecule has 0 aromatic heterocycles. The fourth-order valence-electron chi connectivity index (χ4n) is 0.779. The molecule has 0 aromatic rings. The van der Waals surface area contributed by atoms with Gasteiger partial charge in [-0.3, -0.25) is 0 Å². The van der Waals surface area contributed by atoms with E-state index in [0.29, 0.717) is 0 Å². The molecule has 0 aliphatic carbocycles. The Morgan fingerprint density at radius 2 is 2.00 bits per heavy atom. The van der Waals surface area contributed by atoms with Crippen LogP contribution in [-0.2, 0) is 14.2 Å². The SMILES string of the molecule is C=C1OC(F)(F)C(F)(COC)O1. The van der Waals surface area contributed by atoms with Gasteiger partial charge >= 0.3 is 12.0 Å². The van der Waals surface area contributed by atoms with Gasteiger partial charge in [0, 0.05) is 7.11 Å². The van der Waals surface area contributed by atoms with Crippen molar-refractivity contribution in [2.45, 2.75) is 12.0 Å². The highest BCUT2D eigenvalue weighted by atomic mass is 19.3. The van der Waals surface area contributed by atoms with Gasteiger partial charge in [0.05, 0.1) is 0 Å². The lowest BCUT2D eigenvalue weighted by molar-refractivity contribution is -0.300. The van der Waals surface area contributed by atoms with Crippen molar-refractivity contribution < 1.29 is 27.4 Å². The number of hydrogen-bond donors (Lipinski definition) is 0. The molecular formula is C6H7F3O3. The van der Waals surface area contributed by atoms with E-state index in [2.05, 4.69) is 20.8 Å². The van der Waals surface area contributed by atoms with E-state index < -0.39 is 24.5 Å². The van der Waals surface area contributed by atoms with Crippen molar-refractivity contribution in [3.05, 3.63) is 12.5 Å². The standard InChI is InChI=1S/C6H7F3O3/c1-4-11-5(7,3-10-2)6(8,9)12-4/h1,3H2,2H3. The van der Waals surface area contributed by atoms with Crippen LogP contribution in [0.5, 0.6) is 0 Å². The van der Waals surface area contributed by atoms with Gasteiger partial charge in [-0.25, -0.2) is 0 Å². The minimum Gasteiger partial charge on any atom is -0.417 e. The normalized spacial score (nSPS) is 32.8. The van der Waals surface area contributed by atoms with Crippen LogP contribution in [-0.4, -0.2) is 25.7 Å². The third-order valence-corrected chi connectivity index (χ3v) is 1.28. The molecule has 0 spiro atoms. The Bertz CT molecular complexity index is 206. The van der Waals surface area contributed by atoms with Gasteiger partial charge in [0.15, 0.2) is 0 Å². The van der Waals surface area contributed by atoms with Crippen molar-refractivity contribution in [2.24, 2.45) is 0 Å². The minimum absolute atomic E-state index is 0.750. The molecule has 1 fully saturated rings. The number of halogens is 3. The summed E-state index contributed by atoms with van der Waals surface area (Å²) in [7, 11) is 1.07. The first-order chi connectivity index (χ1) is 5.41. The van der Waals surface area contributed by atoms with Crippen molar-refractivity contribution in [2.75, 3.05) is 13.7 Å². The molecule has 0 N–H and O–H groups in total. The number of alkyl halides is 3. The Morgan fingerprint density at radius 3 is 2.33 bits per heavy atom. The van der Waals surface area contributed by atoms with Gasteiger partial charge in [0.1, 0.15) is 6.61 Å². The van der Waals surface area contributed by atoms with Crippen LogP contribution in [0.4, 0.5) is 13.2 Å². The summed E-state index contributed by atoms with van der Waals surface area (Å²) >= 11 is 0. The fraction of sp³-hybridized carbons (Fsp3) is 0.667. The average Bonchev–Trinajstić information content (AvgIpc) is 2.02. The average molecular weight is 184 g/mol. The van der Waals surface area contributed by atoms with E-state index in [0.717, 1.165) is 7.11 Å². The Hall–Kier alpha value is -0.910. The number of hydrogen-bond acceptors (Lipinski definition) is 3. The summed E-state index contributed by atoms with van der Waals surface area (Å²) < 4.78 is 50.2. The first-order valence-electron chi connectivity index (χ1n) is 3.04. The first-order valence-corrected chi connectivity index (χ1v) is 3.04. The highest BCUT2D eigenvalue weighted by molar-refractivity contribution is 4.92. The van der Waals surface area contributed by atoms with Crippen molar-refractivity contribution in [3.63, 3.8) is 0 Å². The van der Waals surface area contributed by atoms with Gasteiger partial charge in [-0.05, 0) is 6.58 Å². The lowest BCUT2D eigenvalue weighted by Gasteiger charge is -2.19. The van der Waals surface area contributed by atoms with Crippen LogP contribution in [0.2, 0.25) is 0 Å². The van der Waals surface area contributed by atoms with Crippen molar-refractivity contribution in [1.29, 1.82) is 0 Å². The van der Waals surface area contributed by atoms with E-state index in [1.807, 2.05) is 0 Å². The molecule has 1 saturated heterocycles. The second-order valence-corrected chi connectivity index (χ2v) is 2.25. The molecule has 0 aromatic carbocycles. The second-order valence-electron chi connectivity index (χ2n) is 2.25. The maximum absolute atomic E-state index is 13.1. The van der Waals surface area contributed by atoms with Gasteiger partial charge in [0.2, 0.25) is 0 Å². The van der Waals surface area contributed by atoms with Crippen molar-refractivity contribution in [1.82, 2.24) is 0 Å². The van der Waals surface area contributed by atoms with Gasteiger partial charge in [-0.15, -0.1) is 0 Å². The Balaban J connectivity index is 2.82. The highest BCUT2D eigenvalue weighted by Gasteiger charge is 2.66. The van der Waals surface area contributed by atoms with Crippen LogP contribution < -0.4 is 0 Å². The lowest BCUT2D eigenvalue weighted by atomic mass is 10.3. The molecule has 6 heteroatoms. The van der Waals surface area contributed by atoms with E-state index in [4.69, 9.17) is 0 Å². The molecule has 0 saturated carbocycles. The molecule has 1 unspecified atom stereocenters. The van der Waals surface area contributed by atoms with E-state index in [1.165, 1.54) is 0 Å². The Kier molecular flexibility index (Phi) is 1.95. The van der Waals surface area contributed by atoms with E-state index in [-0.39, 0.29) is 0 Å². The third kappa shape index (κ3) is 1.22. The molecule has 70 valence electrons. The third-order valence-electron chi connectivity index (χ3n) is 1.28. The van der Waals surface area contributed by atoms with Gasteiger partial charge in [-0.1, -0.05) is 0 Å². The number of ether oxygens (including phenoxy) is 3. The Morgan fingerprint density at radius 1 is 1.42 bits per heavy atom. The van der Waals surface area contributed by atoms with Crippen LogP contribution >= 0.6 is 0 Å². The summed E-state index contributed by atoms with van der Waals surface area (Å²) in [6, 6.07) is 0. The van der Waals surface area contributed by atoms with E-state index in [9.17, 15) is 13.2 Å². The van der Waals surface area contributed by atoms with Crippen molar-refractivity contribution in [3.8, 4) is 0 Å². The molecule has 1 rings (SSSR count). The van der Waals surface area contributed by atoms with Crippen LogP contribution in [0.15, 0.2) is 12.5 Å². The molecule has 1 aliphatic heterocycles. The molecule has 1 aliphatic rings. The predicted molar refractivity (Wildman–Crippen MR) is 32.0 cm³/mol. The smallest absolute Gasteiger partial charge is 0.417 e. The molecular weight excluding hydrogens is 177 g/mol. The molecule has 12 heavy (non-hydrogen) atoms. The predicted octanol–water partition coefficient (Wildman–Crippen LogP) is 1.41. The van der Waals surface area contributed by atoms with Gasteiger partial charge < -0.3 is 14.2 Å². The monoisotopic (exact) mass is 184 g/mol. The fourth-order valence-corrected chi connectivity index (χ4v) is 0.779. The molecule has 3 nitrogen and oxygen atoms in total. The first kappa shape index (κ1) is 9.18. The number of methoxy groups -OCH3 is 1. The summed E-state index contributed by atoms with van der Waals surface area (Å²) in [5.74, 6) is -4.02. The second kappa shape index (κ2) is 2.55.